The molecule has 2 rings (SSSR count). The van der Waals surface area contributed by atoms with E-state index in [1.165, 1.54) is 25.7 Å². The van der Waals surface area contributed by atoms with Crippen molar-refractivity contribution in [1.29, 1.82) is 0 Å². The van der Waals surface area contributed by atoms with Crippen LogP contribution in [0.5, 0.6) is 0 Å². The summed E-state index contributed by atoms with van der Waals surface area (Å²) >= 11 is 0. The van der Waals surface area contributed by atoms with Crippen LogP contribution in [0.1, 0.15) is 50.2 Å². The van der Waals surface area contributed by atoms with Crippen LogP contribution in [0.3, 0.4) is 0 Å². The lowest BCUT2D eigenvalue weighted by molar-refractivity contribution is 0.280. The van der Waals surface area contributed by atoms with Gasteiger partial charge < -0.3 is 10.3 Å². The first-order valence-electron chi connectivity index (χ1n) is 5.32. The van der Waals surface area contributed by atoms with Gasteiger partial charge in [0.25, 0.3) is 0 Å². The van der Waals surface area contributed by atoms with Crippen LogP contribution >= 0.6 is 0 Å². The fourth-order valence-electron chi connectivity index (χ4n) is 2.02. The molecule has 1 aliphatic carbocycles. The number of nitrogens with zero attached hydrogens (tertiary/aromatic N) is 2. The van der Waals surface area contributed by atoms with Crippen LogP contribution in [-0.2, 0) is 6.54 Å². The molecule has 0 aromatic carbocycles. The minimum Gasteiger partial charge on any atom is -0.339 e. The van der Waals surface area contributed by atoms with Crippen LogP contribution in [0.25, 0.3) is 0 Å². The van der Waals surface area contributed by atoms with E-state index in [2.05, 4.69) is 17.1 Å². The third kappa shape index (κ3) is 1.95. The highest BCUT2D eigenvalue weighted by atomic mass is 16.5. The minimum atomic E-state index is 0.368. The molecule has 1 aromatic heterocycles. The predicted octanol–water partition coefficient (Wildman–Crippen LogP) is 1.82. The predicted molar refractivity (Wildman–Crippen MR) is 52.6 cm³/mol. The first kappa shape index (κ1) is 9.65. The summed E-state index contributed by atoms with van der Waals surface area (Å²) in [5, 5.41) is 3.82. The molecule has 0 unspecified atom stereocenters. The molecule has 1 aliphatic rings. The summed E-state index contributed by atoms with van der Waals surface area (Å²) in [6.45, 7) is 2.67. The van der Waals surface area contributed by atoms with Gasteiger partial charge in [-0.15, -0.1) is 0 Å². The quantitative estimate of drug-likeness (QED) is 0.781. The Morgan fingerprint density at radius 2 is 2.07 bits per heavy atom. The zero-order chi connectivity index (χ0) is 9.97. The van der Waals surface area contributed by atoms with Gasteiger partial charge in [0.2, 0.25) is 5.89 Å². The van der Waals surface area contributed by atoms with E-state index in [1.54, 1.807) is 0 Å². The van der Waals surface area contributed by atoms with Crippen molar-refractivity contribution >= 4 is 0 Å². The van der Waals surface area contributed by atoms with E-state index in [9.17, 15) is 0 Å². The lowest BCUT2D eigenvalue weighted by atomic mass is 9.83. The average Bonchev–Trinajstić information content (AvgIpc) is 2.67. The summed E-state index contributed by atoms with van der Waals surface area (Å²) in [6, 6.07) is 0. The van der Waals surface area contributed by atoms with Gasteiger partial charge in [-0.3, -0.25) is 0 Å². The molecule has 4 nitrogen and oxygen atoms in total. The Kier molecular flexibility index (Phi) is 2.82. The number of hydrogen-bond donors (Lipinski definition) is 1. The maximum Gasteiger partial charge on any atom is 0.229 e. The largest absolute Gasteiger partial charge is 0.339 e. The summed E-state index contributed by atoms with van der Waals surface area (Å²) in [4.78, 5) is 4.27. The summed E-state index contributed by atoms with van der Waals surface area (Å²) in [6.07, 6.45) is 4.89. The van der Waals surface area contributed by atoms with Crippen LogP contribution in [-0.4, -0.2) is 10.1 Å². The molecular formula is C10H17N3O. The second kappa shape index (κ2) is 4.09. The first-order valence-corrected chi connectivity index (χ1v) is 5.32. The van der Waals surface area contributed by atoms with Gasteiger partial charge in [0.1, 0.15) is 0 Å². The van der Waals surface area contributed by atoms with Gasteiger partial charge in [0, 0.05) is 5.92 Å². The number of aromatic nitrogens is 2. The van der Waals surface area contributed by atoms with E-state index in [0.717, 1.165) is 11.8 Å². The van der Waals surface area contributed by atoms with Crippen LogP contribution < -0.4 is 5.73 Å². The Labute approximate surface area is 83.9 Å². The molecule has 0 bridgehead atoms. The van der Waals surface area contributed by atoms with E-state index >= 15 is 0 Å². The number of hydrogen-bond acceptors (Lipinski definition) is 4. The molecule has 0 atom stereocenters. The Morgan fingerprint density at radius 3 is 2.64 bits per heavy atom. The van der Waals surface area contributed by atoms with Gasteiger partial charge >= 0.3 is 0 Å². The summed E-state index contributed by atoms with van der Waals surface area (Å²) in [7, 11) is 0. The molecule has 1 saturated carbocycles. The van der Waals surface area contributed by atoms with Gasteiger partial charge in [0.15, 0.2) is 5.82 Å². The van der Waals surface area contributed by atoms with Gasteiger partial charge in [0.05, 0.1) is 6.54 Å². The molecule has 1 heterocycles. The highest BCUT2D eigenvalue weighted by Gasteiger charge is 2.24. The molecule has 4 heteroatoms. The van der Waals surface area contributed by atoms with Crippen LogP contribution in [0.15, 0.2) is 4.52 Å². The van der Waals surface area contributed by atoms with E-state index < -0.39 is 0 Å². The van der Waals surface area contributed by atoms with Crippen LogP contribution in [0.4, 0.5) is 0 Å². The van der Waals surface area contributed by atoms with E-state index in [1.807, 2.05) is 0 Å². The van der Waals surface area contributed by atoms with Crippen molar-refractivity contribution in [3.8, 4) is 0 Å². The van der Waals surface area contributed by atoms with Gasteiger partial charge in [-0.1, -0.05) is 12.1 Å². The smallest absolute Gasteiger partial charge is 0.229 e. The van der Waals surface area contributed by atoms with Crippen molar-refractivity contribution in [2.45, 2.75) is 45.1 Å². The highest BCUT2D eigenvalue weighted by Crippen LogP contribution is 2.34. The third-order valence-electron chi connectivity index (χ3n) is 3.03. The molecular weight excluding hydrogens is 178 g/mol. The first-order chi connectivity index (χ1) is 6.79. The van der Waals surface area contributed by atoms with Crippen molar-refractivity contribution in [3.63, 3.8) is 0 Å². The number of rotatable bonds is 2. The average molecular weight is 195 g/mol. The van der Waals surface area contributed by atoms with E-state index in [0.29, 0.717) is 18.3 Å². The molecule has 0 amide bonds. The molecule has 14 heavy (non-hydrogen) atoms. The summed E-state index contributed by atoms with van der Waals surface area (Å²) in [5.74, 6) is 2.73. The minimum absolute atomic E-state index is 0.368. The van der Waals surface area contributed by atoms with Crippen LogP contribution in [0.2, 0.25) is 0 Å². The standard InChI is InChI=1S/C10H17N3O/c1-7-2-4-8(5-3-7)10-12-9(6-11)13-14-10/h7-8H,2-6,11H2,1H3. The lowest BCUT2D eigenvalue weighted by Gasteiger charge is -2.22. The zero-order valence-electron chi connectivity index (χ0n) is 8.57. The summed E-state index contributed by atoms with van der Waals surface area (Å²) in [5.41, 5.74) is 5.43. The SMILES string of the molecule is CC1CCC(c2nc(CN)no2)CC1. The fourth-order valence-corrected chi connectivity index (χ4v) is 2.02. The molecule has 0 spiro atoms. The molecule has 78 valence electrons. The lowest BCUT2D eigenvalue weighted by Crippen LogP contribution is -2.11. The molecule has 2 N–H and O–H groups in total. The van der Waals surface area contributed by atoms with Gasteiger partial charge in [-0.2, -0.15) is 4.98 Å². The fraction of sp³-hybridized carbons (Fsp3) is 0.800. The van der Waals surface area contributed by atoms with Crippen molar-refractivity contribution in [1.82, 2.24) is 10.1 Å². The zero-order valence-corrected chi connectivity index (χ0v) is 8.57. The van der Waals surface area contributed by atoms with Crippen molar-refractivity contribution < 1.29 is 4.52 Å². The van der Waals surface area contributed by atoms with Crippen molar-refractivity contribution in [2.24, 2.45) is 11.7 Å². The van der Waals surface area contributed by atoms with Crippen LogP contribution in [0, 0.1) is 5.92 Å². The molecule has 1 aromatic rings. The normalized spacial score (nSPS) is 27.9. The monoisotopic (exact) mass is 195 g/mol. The topological polar surface area (TPSA) is 64.9 Å². The Bertz CT molecular complexity index is 289. The molecule has 1 fully saturated rings. The second-order valence-corrected chi connectivity index (χ2v) is 4.21. The van der Waals surface area contributed by atoms with Gasteiger partial charge in [-0.05, 0) is 31.6 Å². The molecule has 0 radical (unpaired) electrons. The maximum absolute atomic E-state index is 5.43. The van der Waals surface area contributed by atoms with E-state index in [4.69, 9.17) is 10.3 Å². The Hall–Kier alpha value is -0.900. The molecule has 0 saturated heterocycles. The maximum atomic E-state index is 5.43. The Morgan fingerprint density at radius 1 is 1.36 bits per heavy atom. The third-order valence-corrected chi connectivity index (χ3v) is 3.03. The second-order valence-electron chi connectivity index (χ2n) is 4.21. The van der Waals surface area contributed by atoms with Crippen molar-refractivity contribution in [3.05, 3.63) is 11.7 Å². The van der Waals surface area contributed by atoms with E-state index in [-0.39, 0.29) is 0 Å². The highest BCUT2D eigenvalue weighted by molar-refractivity contribution is 4.95. The number of nitrogens with two attached hydrogens (primary N) is 1. The molecule has 0 aliphatic heterocycles. The Balaban J connectivity index is 2.01. The summed E-state index contributed by atoms with van der Waals surface area (Å²) < 4.78 is 5.19. The van der Waals surface area contributed by atoms with Gasteiger partial charge in [-0.25, -0.2) is 0 Å². The van der Waals surface area contributed by atoms with Crippen molar-refractivity contribution in [2.75, 3.05) is 0 Å².